The molecule has 0 radical (unpaired) electrons. The molecule has 0 aromatic carbocycles. The Hall–Kier alpha value is 0.110. The SMILES string of the molecule is CCOP(=O)(OCC)[C@@H](Cl)C(=O)C(C)C. The molecule has 15 heavy (non-hydrogen) atoms. The van der Waals surface area contributed by atoms with Crippen LogP contribution in [0.2, 0.25) is 0 Å². The van der Waals surface area contributed by atoms with Crippen LogP contribution in [-0.2, 0) is 18.4 Å². The normalized spacial score (nSPS) is 14.3. The first-order valence-corrected chi connectivity index (χ1v) is 7.00. The lowest BCUT2D eigenvalue weighted by molar-refractivity contribution is -0.120. The number of carbonyl (C=O) groups is 1. The molecule has 0 fully saturated rings. The monoisotopic (exact) mass is 256 g/mol. The Morgan fingerprint density at radius 1 is 1.27 bits per heavy atom. The van der Waals surface area contributed by atoms with Crippen LogP contribution in [0.15, 0.2) is 0 Å². The average molecular weight is 257 g/mol. The van der Waals surface area contributed by atoms with Crippen LogP contribution < -0.4 is 0 Å². The highest BCUT2D eigenvalue weighted by Crippen LogP contribution is 2.55. The smallest absolute Gasteiger partial charge is 0.308 e. The Balaban J connectivity index is 4.76. The van der Waals surface area contributed by atoms with Crippen LogP contribution in [0.3, 0.4) is 0 Å². The van der Waals surface area contributed by atoms with Gasteiger partial charge < -0.3 is 9.05 Å². The number of halogens is 1. The fourth-order valence-electron chi connectivity index (χ4n) is 0.959. The number of hydrogen-bond acceptors (Lipinski definition) is 4. The molecule has 0 saturated heterocycles. The van der Waals surface area contributed by atoms with Crippen LogP contribution in [0.4, 0.5) is 0 Å². The van der Waals surface area contributed by atoms with Gasteiger partial charge in [-0.1, -0.05) is 13.8 Å². The number of rotatable bonds is 7. The van der Waals surface area contributed by atoms with E-state index in [9.17, 15) is 9.36 Å². The van der Waals surface area contributed by atoms with Crippen LogP contribution >= 0.6 is 19.2 Å². The molecule has 0 unspecified atom stereocenters. The van der Waals surface area contributed by atoms with E-state index in [4.69, 9.17) is 20.6 Å². The molecule has 90 valence electrons. The Morgan fingerprint density at radius 2 is 1.67 bits per heavy atom. The number of Topliss-reactive ketones (excluding diaryl/α,β-unsaturated/α-hetero) is 1. The van der Waals surface area contributed by atoms with Crippen LogP contribution in [0.5, 0.6) is 0 Å². The first-order valence-electron chi connectivity index (χ1n) is 4.95. The van der Waals surface area contributed by atoms with Crippen LogP contribution in [0.25, 0.3) is 0 Å². The van der Waals surface area contributed by atoms with E-state index in [2.05, 4.69) is 0 Å². The molecule has 0 saturated carbocycles. The van der Waals surface area contributed by atoms with E-state index in [-0.39, 0.29) is 24.9 Å². The molecule has 0 heterocycles. The predicted octanol–water partition coefficient (Wildman–Crippen LogP) is 3.04. The molecule has 0 aromatic rings. The highest BCUT2D eigenvalue weighted by atomic mass is 35.5. The standard InChI is InChI=1S/C9H18ClO4P/c1-5-13-15(12,14-6-2)9(10)8(11)7(3)4/h7,9H,5-6H2,1-4H3/t9-/m1/s1. The molecule has 0 rings (SSSR count). The van der Waals surface area contributed by atoms with Gasteiger partial charge in [0, 0.05) is 5.92 Å². The molecule has 0 aliphatic carbocycles. The van der Waals surface area contributed by atoms with Crippen LogP contribution in [0, 0.1) is 5.92 Å². The second-order valence-electron chi connectivity index (χ2n) is 3.27. The third-order valence-electron chi connectivity index (χ3n) is 1.70. The molecule has 0 aliphatic rings. The number of carbonyl (C=O) groups excluding carboxylic acids is 1. The zero-order chi connectivity index (χ0) is 12.1. The zero-order valence-electron chi connectivity index (χ0n) is 9.53. The second-order valence-corrected chi connectivity index (χ2v) is 6.12. The van der Waals surface area contributed by atoms with Gasteiger partial charge in [0.25, 0.3) is 0 Å². The predicted molar refractivity (Wildman–Crippen MR) is 60.3 cm³/mol. The summed E-state index contributed by atoms with van der Waals surface area (Å²) in [4.78, 5) is 11.6. The van der Waals surface area contributed by atoms with Gasteiger partial charge in [-0.05, 0) is 13.8 Å². The highest BCUT2D eigenvalue weighted by Gasteiger charge is 2.40. The van der Waals surface area contributed by atoms with Gasteiger partial charge in [-0.2, -0.15) is 0 Å². The van der Waals surface area contributed by atoms with Crippen molar-refractivity contribution in [2.24, 2.45) is 5.92 Å². The van der Waals surface area contributed by atoms with E-state index in [1.54, 1.807) is 27.7 Å². The van der Waals surface area contributed by atoms with E-state index < -0.39 is 12.7 Å². The molecule has 0 aliphatic heterocycles. The summed E-state index contributed by atoms with van der Waals surface area (Å²) in [6, 6.07) is 0. The summed E-state index contributed by atoms with van der Waals surface area (Å²) < 4.78 is 22.0. The van der Waals surface area contributed by atoms with E-state index in [0.717, 1.165) is 0 Å². The molecule has 4 nitrogen and oxygen atoms in total. The van der Waals surface area contributed by atoms with Crippen LogP contribution in [-0.4, -0.2) is 24.1 Å². The molecule has 1 atom stereocenters. The third-order valence-corrected chi connectivity index (χ3v) is 4.68. The topological polar surface area (TPSA) is 52.6 Å². The van der Waals surface area contributed by atoms with Crippen molar-refractivity contribution in [1.29, 1.82) is 0 Å². The van der Waals surface area contributed by atoms with E-state index >= 15 is 0 Å². The molecular formula is C9H18ClO4P. The van der Waals surface area contributed by atoms with Crippen molar-refractivity contribution in [3.8, 4) is 0 Å². The number of hydrogen-bond donors (Lipinski definition) is 0. The second kappa shape index (κ2) is 6.64. The quantitative estimate of drug-likeness (QED) is 0.519. The third kappa shape index (κ3) is 4.23. The van der Waals surface area contributed by atoms with E-state index in [0.29, 0.717) is 0 Å². The zero-order valence-corrected chi connectivity index (χ0v) is 11.2. The van der Waals surface area contributed by atoms with Gasteiger partial charge in [0.1, 0.15) is 0 Å². The molecule has 0 bridgehead atoms. The van der Waals surface area contributed by atoms with E-state index in [1.165, 1.54) is 0 Å². The van der Waals surface area contributed by atoms with Crippen molar-refractivity contribution in [3.05, 3.63) is 0 Å². The van der Waals surface area contributed by atoms with Crippen molar-refractivity contribution in [2.75, 3.05) is 13.2 Å². The lowest BCUT2D eigenvalue weighted by Crippen LogP contribution is -2.22. The van der Waals surface area contributed by atoms with Gasteiger partial charge in [0.15, 0.2) is 10.9 Å². The van der Waals surface area contributed by atoms with Gasteiger partial charge in [-0.3, -0.25) is 9.36 Å². The summed E-state index contributed by atoms with van der Waals surface area (Å²) in [6.45, 7) is 7.14. The summed E-state index contributed by atoms with van der Waals surface area (Å²) in [5.41, 5.74) is 0. The van der Waals surface area contributed by atoms with Crippen molar-refractivity contribution in [3.63, 3.8) is 0 Å². The maximum atomic E-state index is 12.1. The Kier molecular flexibility index (Phi) is 6.69. The minimum absolute atomic E-state index is 0.200. The lowest BCUT2D eigenvalue weighted by Gasteiger charge is -2.21. The summed E-state index contributed by atoms with van der Waals surface area (Å²) in [5, 5.41) is -1.21. The Bertz CT molecular complexity index is 244. The summed E-state index contributed by atoms with van der Waals surface area (Å²) in [5.74, 6) is -0.608. The minimum Gasteiger partial charge on any atom is -0.308 e. The molecule has 0 N–H and O–H groups in total. The van der Waals surface area contributed by atoms with Crippen molar-refractivity contribution in [1.82, 2.24) is 0 Å². The number of alkyl halides is 1. The van der Waals surface area contributed by atoms with Gasteiger partial charge >= 0.3 is 7.60 Å². The van der Waals surface area contributed by atoms with E-state index in [1.807, 2.05) is 0 Å². The fraction of sp³-hybridized carbons (Fsp3) is 0.889. The van der Waals surface area contributed by atoms with Crippen molar-refractivity contribution in [2.45, 2.75) is 32.8 Å². The maximum Gasteiger partial charge on any atom is 0.355 e. The lowest BCUT2D eigenvalue weighted by atomic mass is 10.1. The Labute approximate surface area is 95.8 Å². The highest BCUT2D eigenvalue weighted by molar-refractivity contribution is 7.57. The summed E-state index contributed by atoms with van der Waals surface area (Å²) in [6.07, 6.45) is 0. The molecule has 0 aromatic heterocycles. The summed E-state index contributed by atoms with van der Waals surface area (Å²) in [7, 11) is -3.50. The average Bonchev–Trinajstić information content (AvgIpc) is 2.16. The van der Waals surface area contributed by atoms with Gasteiger partial charge in [0.2, 0.25) is 0 Å². The molecular weight excluding hydrogens is 239 g/mol. The first-order chi connectivity index (χ1) is 6.89. The number of ketones is 1. The fourth-order valence-corrected chi connectivity index (χ4v) is 3.21. The largest absolute Gasteiger partial charge is 0.355 e. The van der Waals surface area contributed by atoms with Gasteiger partial charge in [-0.25, -0.2) is 0 Å². The first kappa shape index (κ1) is 15.1. The van der Waals surface area contributed by atoms with Gasteiger partial charge in [0.05, 0.1) is 13.2 Å². The van der Waals surface area contributed by atoms with Crippen LogP contribution in [0.1, 0.15) is 27.7 Å². The van der Waals surface area contributed by atoms with Crippen molar-refractivity contribution < 1.29 is 18.4 Å². The Morgan fingerprint density at radius 3 is 1.93 bits per heavy atom. The molecule has 0 spiro atoms. The molecule has 6 heteroatoms. The molecule has 0 amide bonds. The van der Waals surface area contributed by atoms with Gasteiger partial charge in [-0.15, -0.1) is 11.6 Å². The maximum absolute atomic E-state index is 12.1. The van der Waals surface area contributed by atoms with Crippen molar-refractivity contribution >= 4 is 25.0 Å². The summed E-state index contributed by atoms with van der Waals surface area (Å²) >= 11 is 5.83. The minimum atomic E-state index is -3.50.